The lowest BCUT2D eigenvalue weighted by Crippen LogP contribution is -2.28. The number of benzene rings is 1. The zero-order valence-electron chi connectivity index (χ0n) is 9.14. The Kier molecular flexibility index (Phi) is 2.48. The molecule has 0 aliphatic heterocycles. The van der Waals surface area contributed by atoms with Crippen LogP contribution in [-0.2, 0) is 13.0 Å². The quantitative estimate of drug-likeness (QED) is 0.762. The molecule has 1 atom stereocenters. The summed E-state index contributed by atoms with van der Waals surface area (Å²) >= 11 is 5.66. The molecule has 0 N–H and O–H groups in total. The number of aromatic nitrogens is 2. The van der Waals surface area contributed by atoms with Crippen molar-refractivity contribution in [3.63, 3.8) is 0 Å². The van der Waals surface area contributed by atoms with Gasteiger partial charge in [0.25, 0.3) is 5.56 Å². The van der Waals surface area contributed by atoms with E-state index < -0.39 is 0 Å². The molecule has 1 heterocycles. The second-order valence-electron chi connectivity index (χ2n) is 4.30. The Morgan fingerprint density at radius 2 is 2.24 bits per heavy atom. The highest BCUT2D eigenvalue weighted by Crippen LogP contribution is 2.35. The maximum Gasteiger partial charge on any atom is 0.254 e. The van der Waals surface area contributed by atoms with Crippen LogP contribution >= 0.6 is 11.6 Å². The van der Waals surface area contributed by atoms with E-state index in [1.54, 1.807) is 4.57 Å². The summed E-state index contributed by atoms with van der Waals surface area (Å²) in [6.45, 7) is 0.681. The minimum atomic E-state index is -0.0885. The molecule has 3 nitrogen and oxygen atoms in total. The van der Waals surface area contributed by atoms with Gasteiger partial charge in [-0.1, -0.05) is 35.9 Å². The molecule has 1 aliphatic carbocycles. The number of nitrogens with zero attached hydrogens (tertiary/aromatic N) is 2. The molecule has 0 saturated heterocycles. The topological polar surface area (TPSA) is 34.9 Å². The van der Waals surface area contributed by atoms with Gasteiger partial charge in [-0.3, -0.25) is 9.36 Å². The third kappa shape index (κ3) is 1.87. The molecule has 0 amide bonds. The van der Waals surface area contributed by atoms with Crippen LogP contribution in [0.15, 0.2) is 41.5 Å². The van der Waals surface area contributed by atoms with Gasteiger partial charge in [-0.15, -0.1) is 0 Å². The normalized spacial score (nSPS) is 17.4. The maximum atomic E-state index is 11.7. The van der Waals surface area contributed by atoms with Gasteiger partial charge in [-0.05, 0) is 17.5 Å². The van der Waals surface area contributed by atoms with Crippen LogP contribution in [-0.4, -0.2) is 9.55 Å². The minimum absolute atomic E-state index is 0.0885. The van der Waals surface area contributed by atoms with E-state index in [2.05, 4.69) is 17.1 Å². The summed E-state index contributed by atoms with van der Waals surface area (Å²) in [6, 6.07) is 9.69. The Balaban J connectivity index is 1.84. The van der Waals surface area contributed by atoms with Crippen LogP contribution in [0.3, 0.4) is 0 Å². The molecule has 17 heavy (non-hydrogen) atoms. The van der Waals surface area contributed by atoms with Crippen LogP contribution in [0.5, 0.6) is 0 Å². The molecular weight excluding hydrogens is 236 g/mol. The molecule has 86 valence electrons. The number of hydrogen-bond acceptors (Lipinski definition) is 2. The van der Waals surface area contributed by atoms with Crippen LogP contribution < -0.4 is 5.56 Å². The Bertz CT molecular complexity index is 621. The van der Waals surface area contributed by atoms with E-state index in [1.807, 2.05) is 12.1 Å². The summed E-state index contributed by atoms with van der Waals surface area (Å²) in [7, 11) is 0. The fraction of sp³-hybridized carbons (Fsp3) is 0.231. The third-order valence-corrected chi connectivity index (χ3v) is 3.43. The lowest BCUT2D eigenvalue weighted by atomic mass is 9.77. The first-order chi connectivity index (χ1) is 8.24. The summed E-state index contributed by atoms with van der Waals surface area (Å²) in [5.41, 5.74) is 2.64. The van der Waals surface area contributed by atoms with E-state index in [9.17, 15) is 4.79 Å². The lowest BCUT2D eigenvalue weighted by Gasteiger charge is -2.30. The SMILES string of the molecule is O=c1cc(Cl)ncn1CC1Cc2ccccc21. The number of rotatable bonds is 2. The standard InChI is InChI=1S/C13H11ClN2O/c14-12-6-13(17)16(8-15-12)7-10-5-9-3-1-2-4-11(9)10/h1-4,6,8,10H,5,7H2. The van der Waals surface area contributed by atoms with Gasteiger partial charge in [0.1, 0.15) is 5.15 Å². The first-order valence-corrected chi connectivity index (χ1v) is 5.91. The number of fused-ring (bicyclic) bond motifs is 1. The Hall–Kier alpha value is -1.61. The van der Waals surface area contributed by atoms with E-state index in [4.69, 9.17) is 11.6 Å². The molecule has 3 rings (SSSR count). The fourth-order valence-electron chi connectivity index (χ4n) is 2.30. The molecule has 0 saturated carbocycles. The van der Waals surface area contributed by atoms with E-state index in [1.165, 1.54) is 23.5 Å². The van der Waals surface area contributed by atoms with E-state index in [0.717, 1.165) is 6.42 Å². The molecule has 0 fully saturated rings. The Morgan fingerprint density at radius 1 is 1.41 bits per heavy atom. The summed E-state index contributed by atoms with van der Waals surface area (Å²) in [4.78, 5) is 15.6. The van der Waals surface area contributed by atoms with Crippen LogP contribution in [0.4, 0.5) is 0 Å². The van der Waals surface area contributed by atoms with Crippen molar-refractivity contribution in [1.82, 2.24) is 9.55 Å². The summed E-state index contributed by atoms with van der Waals surface area (Å²) in [5, 5.41) is 0.250. The van der Waals surface area contributed by atoms with Gasteiger partial charge in [0.05, 0.1) is 6.33 Å². The van der Waals surface area contributed by atoms with Gasteiger partial charge < -0.3 is 0 Å². The molecule has 4 heteroatoms. The minimum Gasteiger partial charge on any atom is -0.299 e. The van der Waals surface area contributed by atoms with Crippen molar-refractivity contribution in [3.8, 4) is 0 Å². The average molecular weight is 247 g/mol. The highest BCUT2D eigenvalue weighted by Gasteiger charge is 2.25. The van der Waals surface area contributed by atoms with Crippen molar-refractivity contribution in [1.29, 1.82) is 0 Å². The van der Waals surface area contributed by atoms with Gasteiger partial charge in [0.2, 0.25) is 0 Å². The van der Waals surface area contributed by atoms with Crippen molar-refractivity contribution in [3.05, 3.63) is 63.3 Å². The van der Waals surface area contributed by atoms with Crippen LogP contribution in [0.25, 0.3) is 0 Å². The largest absolute Gasteiger partial charge is 0.299 e. The van der Waals surface area contributed by atoms with Crippen LogP contribution in [0.1, 0.15) is 17.0 Å². The van der Waals surface area contributed by atoms with Crippen molar-refractivity contribution in [2.75, 3.05) is 0 Å². The summed E-state index contributed by atoms with van der Waals surface area (Å²) in [5.74, 6) is 0.423. The van der Waals surface area contributed by atoms with Crippen LogP contribution in [0, 0.1) is 0 Å². The Labute approximate surface area is 104 Å². The first kappa shape index (κ1) is 10.5. The van der Waals surface area contributed by atoms with Gasteiger partial charge >= 0.3 is 0 Å². The number of hydrogen-bond donors (Lipinski definition) is 0. The van der Waals surface area contributed by atoms with E-state index in [-0.39, 0.29) is 10.7 Å². The predicted molar refractivity (Wildman–Crippen MR) is 66.4 cm³/mol. The molecule has 1 aliphatic rings. The van der Waals surface area contributed by atoms with E-state index >= 15 is 0 Å². The summed E-state index contributed by atoms with van der Waals surface area (Å²) < 4.78 is 1.62. The molecule has 1 aromatic heterocycles. The van der Waals surface area contributed by atoms with Gasteiger partial charge in [0, 0.05) is 18.5 Å². The molecule has 0 radical (unpaired) electrons. The molecular formula is C13H11ClN2O. The second kappa shape index (κ2) is 4.00. The second-order valence-corrected chi connectivity index (χ2v) is 4.69. The average Bonchev–Trinajstić information content (AvgIpc) is 2.28. The maximum absolute atomic E-state index is 11.7. The molecule has 1 aromatic carbocycles. The lowest BCUT2D eigenvalue weighted by molar-refractivity contribution is 0.494. The predicted octanol–water partition coefficient (Wildman–Crippen LogP) is 2.24. The smallest absolute Gasteiger partial charge is 0.254 e. The summed E-state index contributed by atoms with van der Waals surface area (Å²) in [6.07, 6.45) is 2.55. The third-order valence-electron chi connectivity index (χ3n) is 3.22. The van der Waals surface area contributed by atoms with Crippen molar-refractivity contribution < 1.29 is 0 Å². The van der Waals surface area contributed by atoms with Crippen molar-refractivity contribution in [2.45, 2.75) is 18.9 Å². The van der Waals surface area contributed by atoms with Crippen molar-refractivity contribution in [2.24, 2.45) is 0 Å². The van der Waals surface area contributed by atoms with Gasteiger partial charge in [-0.2, -0.15) is 0 Å². The van der Waals surface area contributed by atoms with Crippen LogP contribution in [0.2, 0.25) is 5.15 Å². The molecule has 0 bridgehead atoms. The number of halogens is 1. The zero-order valence-corrected chi connectivity index (χ0v) is 9.89. The molecule has 2 aromatic rings. The highest BCUT2D eigenvalue weighted by atomic mass is 35.5. The molecule has 1 unspecified atom stereocenters. The first-order valence-electron chi connectivity index (χ1n) is 5.54. The molecule has 0 spiro atoms. The monoisotopic (exact) mass is 246 g/mol. The zero-order chi connectivity index (χ0) is 11.8. The van der Waals surface area contributed by atoms with Gasteiger partial charge in [-0.25, -0.2) is 4.98 Å². The Morgan fingerprint density at radius 3 is 3.00 bits per heavy atom. The van der Waals surface area contributed by atoms with Crippen molar-refractivity contribution >= 4 is 11.6 Å². The highest BCUT2D eigenvalue weighted by molar-refractivity contribution is 6.29. The van der Waals surface area contributed by atoms with Gasteiger partial charge in [0.15, 0.2) is 0 Å². The van der Waals surface area contributed by atoms with E-state index in [0.29, 0.717) is 12.5 Å². The fourth-order valence-corrected chi connectivity index (χ4v) is 2.44.